The van der Waals surface area contributed by atoms with Crippen LogP contribution in [0, 0.1) is 0 Å². The van der Waals surface area contributed by atoms with Crippen LogP contribution in [-0.4, -0.2) is 5.16 Å². The van der Waals surface area contributed by atoms with Gasteiger partial charge in [0.25, 0.3) is 0 Å². The number of allylic oxidation sites excluding steroid dienone is 1. The maximum Gasteiger partial charge on any atom is 0.0119 e. The quantitative estimate of drug-likeness (QED) is 0.626. The molecule has 0 N–H and O–H groups in total. The van der Waals surface area contributed by atoms with Gasteiger partial charge in [0.05, 0.1) is 0 Å². The molecule has 0 heterocycles. The molecule has 1 aromatic carbocycles. The van der Waals surface area contributed by atoms with E-state index in [9.17, 15) is 0 Å². The smallest absolute Gasteiger partial charge is 0.0119 e. The van der Waals surface area contributed by atoms with Crippen LogP contribution >= 0.6 is 18.5 Å². The van der Waals surface area contributed by atoms with E-state index in [1.807, 2.05) is 11.4 Å². The lowest BCUT2D eigenvalue weighted by atomic mass is 10.3. The summed E-state index contributed by atoms with van der Waals surface area (Å²) in [5.74, 6) is 0. The van der Waals surface area contributed by atoms with Gasteiger partial charge in [0.15, 0.2) is 0 Å². The standard InChI is InChI=1S/C13H19PS/c1-11(2)14(13(3,4)5)15-12-9-7-6-8-10-12/h6-10H,1H2,2-5H3. The fourth-order valence-electron chi connectivity index (χ4n) is 1.37. The molecule has 15 heavy (non-hydrogen) atoms. The number of rotatable bonds is 3. The predicted octanol–water partition coefficient (Wildman–Crippen LogP) is 5.51. The number of hydrogen-bond donors (Lipinski definition) is 0. The van der Waals surface area contributed by atoms with Crippen LogP contribution in [0.4, 0.5) is 0 Å². The van der Waals surface area contributed by atoms with Crippen molar-refractivity contribution in [2.75, 3.05) is 0 Å². The molecule has 0 aliphatic carbocycles. The van der Waals surface area contributed by atoms with Crippen molar-refractivity contribution in [2.24, 2.45) is 0 Å². The zero-order valence-corrected chi connectivity index (χ0v) is 11.7. The van der Waals surface area contributed by atoms with Gasteiger partial charge in [-0.2, -0.15) is 0 Å². The van der Waals surface area contributed by atoms with E-state index in [1.165, 1.54) is 10.2 Å². The van der Waals surface area contributed by atoms with Gasteiger partial charge in [-0.25, -0.2) is 0 Å². The average Bonchev–Trinajstić information content (AvgIpc) is 2.13. The van der Waals surface area contributed by atoms with E-state index in [-0.39, 0.29) is 7.12 Å². The van der Waals surface area contributed by atoms with Crippen LogP contribution in [-0.2, 0) is 0 Å². The summed E-state index contributed by atoms with van der Waals surface area (Å²) in [6, 6.07) is 10.6. The van der Waals surface area contributed by atoms with Gasteiger partial charge in [0.1, 0.15) is 0 Å². The van der Waals surface area contributed by atoms with Crippen LogP contribution in [0.15, 0.2) is 47.1 Å². The molecule has 1 unspecified atom stereocenters. The molecule has 0 radical (unpaired) electrons. The second kappa shape index (κ2) is 5.18. The Labute approximate surface area is 98.7 Å². The van der Waals surface area contributed by atoms with E-state index in [0.29, 0.717) is 5.16 Å². The molecule has 0 bridgehead atoms. The van der Waals surface area contributed by atoms with Crippen LogP contribution in [0.25, 0.3) is 0 Å². The Balaban J connectivity index is 2.82. The molecule has 0 amide bonds. The first-order valence-corrected chi connectivity index (χ1v) is 7.86. The third kappa shape index (κ3) is 4.01. The molecule has 0 aliphatic rings. The fourth-order valence-corrected chi connectivity index (χ4v) is 5.73. The molecular weight excluding hydrogens is 219 g/mol. The summed E-state index contributed by atoms with van der Waals surface area (Å²) in [5.41, 5.74) is 0. The van der Waals surface area contributed by atoms with Crippen LogP contribution in [0.3, 0.4) is 0 Å². The first-order chi connectivity index (χ1) is 6.91. The molecular formula is C13H19PS. The lowest BCUT2D eigenvalue weighted by Gasteiger charge is -2.30. The first-order valence-electron chi connectivity index (χ1n) is 5.10. The van der Waals surface area contributed by atoms with Crippen molar-refractivity contribution in [3.63, 3.8) is 0 Å². The molecule has 0 spiro atoms. The van der Waals surface area contributed by atoms with Gasteiger partial charge in [-0.3, -0.25) is 0 Å². The molecule has 0 saturated heterocycles. The molecule has 0 fully saturated rings. The highest BCUT2D eigenvalue weighted by Crippen LogP contribution is 2.67. The van der Waals surface area contributed by atoms with Gasteiger partial charge in [0.2, 0.25) is 0 Å². The van der Waals surface area contributed by atoms with Crippen molar-refractivity contribution < 1.29 is 0 Å². The van der Waals surface area contributed by atoms with E-state index >= 15 is 0 Å². The summed E-state index contributed by atoms with van der Waals surface area (Å²) in [4.78, 5) is 1.35. The Bertz CT molecular complexity index is 324. The molecule has 1 aromatic rings. The Hall–Kier alpha value is -0.260. The maximum absolute atomic E-state index is 4.13. The minimum Gasteiger partial charge on any atom is -0.0948 e. The van der Waals surface area contributed by atoms with Crippen LogP contribution in [0.5, 0.6) is 0 Å². The Kier molecular flexibility index (Phi) is 4.43. The van der Waals surface area contributed by atoms with Crippen molar-refractivity contribution >= 4 is 18.5 Å². The molecule has 0 nitrogen and oxygen atoms in total. The van der Waals surface area contributed by atoms with Crippen molar-refractivity contribution in [3.05, 3.63) is 42.2 Å². The molecule has 0 saturated carbocycles. The lowest BCUT2D eigenvalue weighted by molar-refractivity contribution is 0.794. The highest BCUT2D eigenvalue weighted by Gasteiger charge is 2.25. The predicted molar refractivity (Wildman–Crippen MR) is 73.8 cm³/mol. The summed E-state index contributed by atoms with van der Waals surface area (Å²) in [7, 11) is -0.215. The molecule has 2 heteroatoms. The fraction of sp³-hybridized carbons (Fsp3) is 0.385. The summed E-state index contributed by atoms with van der Waals surface area (Å²) >= 11 is 1.97. The third-order valence-corrected chi connectivity index (χ3v) is 8.23. The maximum atomic E-state index is 4.13. The lowest BCUT2D eigenvalue weighted by Crippen LogP contribution is -2.09. The van der Waals surface area contributed by atoms with E-state index in [4.69, 9.17) is 0 Å². The van der Waals surface area contributed by atoms with E-state index < -0.39 is 0 Å². The second-order valence-electron chi connectivity index (χ2n) is 4.60. The number of benzene rings is 1. The summed E-state index contributed by atoms with van der Waals surface area (Å²) in [5, 5.41) is 1.63. The first kappa shape index (κ1) is 12.8. The molecule has 82 valence electrons. The highest BCUT2D eigenvalue weighted by atomic mass is 32.7. The summed E-state index contributed by atoms with van der Waals surface area (Å²) in [6.45, 7) is 13.2. The van der Waals surface area contributed by atoms with Gasteiger partial charge < -0.3 is 0 Å². The summed E-state index contributed by atoms with van der Waals surface area (Å²) in [6.07, 6.45) is 0. The van der Waals surface area contributed by atoms with Gasteiger partial charge in [0, 0.05) is 4.90 Å². The summed E-state index contributed by atoms with van der Waals surface area (Å²) < 4.78 is 0. The second-order valence-corrected chi connectivity index (χ2v) is 9.60. The zero-order chi connectivity index (χ0) is 11.5. The van der Waals surface area contributed by atoms with Crippen LogP contribution < -0.4 is 0 Å². The minimum atomic E-state index is -0.215. The van der Waals surface area contributed by atoms with Crippen molar-refractivity contribution in [3.8, 4) is 0 Å². The number of hydrogen-bond acceptors (Lipinski definition) is 1. The minimum absolute atomic E-state index is 0.215. The van der Waals surface area contributed by atoms with Gasteiger partial charge in [-0.15, -0.1) is 0 Å². The Morgan fingerprint density at radius 2 is 1.73 bits per heavy atom. The SMILES string of the molecule is C=C(C)P(Sc1ccccc1)C(C)(C)C. The molecule has 0 aliphatic heterocycles. The van der Waals surface area contributed by atoms with Crippen molar-refractivity contribution in [1.82, 2.24) is 0 Å². The van der Waals surface area contributed by atoms with Crippen molar-refractivity contribution in [1.29, 1.82) is 0 Å². The van der Waals surface area contributed by atoms with Gasteiger partial charge >= 0.3 is 0 Å². The monoisotopic (exact) mass is 238 g/mol. The molecule has 1 rings (SSSR count). The van der Waals surface area contributed by atoms with Crippen LogP contribution in [0.1, 0.15) is 27.7 Å². The van der Waals surface area contributed by atoms with E-state index in [0.717, 1.165) is 0 Å². The largest absolute Gasteiger partial charge is 0.0948 e. The Morgan fingerprint density at radius 3 is 2.13 bits per heavy atom. The average molecular weight is 238 g/mol. The highest BCUT2D eigenvalue weighted by molar-refractivity contribution is 8.57. The third-order valence-electron chi connectivity index (χ3n) is 1.90. The Morgan fingerprint density at radius 1 is 1.20 bits per heavy atom. The normalized spacial score (nSPS) is 13.6. The topological polar surface area (TPSA) is 0 Å². The van der Waals surface area contributed by atoms with Crippen molar-refractivity contribution in [2.45, 2.75) is 37.7 Å². The van der Waals surface area contributed by atoms with E-state index in [2.05, 4.69) is 64.6 Å². The molecule has 0 aromatic heterocycles. The van der Waals surface area contributed by atoms with E-state index in [1.54, 1.807) is 0 Å². The van der Waals surface area contributed by atoms with Gasteiger partial charge in [-0.1, -0.05) is 56.9 Å². The van der Waals surface area contributed by atoms with Crippen LogP contribution in [0.2, 0.25) is 0 Å². The zero-order valence-electron chi connectivity index (χ0n) is 9.95. The molecule has 1 atom stereocenters. The van der Waals surface area contributed by atoms with Gasteiger partial charge in [-0.05, 0) is 36.7 Å².